The third-order valence-electron chi connectivity index (χ3n) is 12.6. The predicted molar refractivity (Wildman–Crippen MR) is 268 cm³/mol. The Kier molecular flexibility index (Phi) is 11.3. The number of nitrogens with zero attached hydrogens (tertiary/aromatic N) is 4. The van der Waals surface area contributed by atoms with Gasteiger partial charge in [-0.1, -0.05) is 114 Å². The van der Waals surface area contributed by atoms with Gasteiger partial charge in [0, 0.05) is 42.8 Å². The van der Waals surface area contributed by atoms with E-state index in [2.05, 4.69) is 148 Å². The van der Waals surface area contributed by atoms with Crippen molar-refractivity contribution in [2.75, 3.05) is 0 Å². The summed E-state index contributed by atoms with van der Waals surface area (Å²) in [4.78, 5) is 14.3. The third-order valence-corrected chi connectivity index (χ3v) is 12.6. The summed E-state index contributed by atoms with van der Waals surface area (Å²) in [7, 11) is 0. The van der Waals surface area contributed by atoms with Gasteiger partial charge in [-0.25, -0.2) is 4.98 Å². The summed E-state index contributed by atoms with van der Waals surface area (Å²) in [6.45, 7) is 15.7. The zero-order chi connectivity index (χ0) is 45.3. The summed E-state index contributed by atoms with van der Waals surface area (Å²) in [5, 5.41) is 4.02. The molecule has 0 aliphatic carbocycles. The molecule has 7 nitrogen and oxygen atoms in total. The zero-order valence-corrected chi connectivity index (χ0v) is 40.8. The first kappa shape index (κ1) is 43.8. The summed E-state index contributed by atoms with van der Waals surface area (Å²) in [5.74, 6) is 1.15. The topological polar surface area (TPSA) is 83.0 Å². The number of para-hydroxylation sites is 1. The molecule has 1 radical (unpaired) electrons. The third kappa shape index (κ3) is 7.64. The fourth-order valence-corrected chi connectivity index (χ4v) is 9.25. The number of furan rings is 2. The van der Waals surface area contributed by atoms with Crippen LogP contribution in [0.25, 0.3) is 105 Å². The molecule has 7 aromatic carbocycles. The molecule has 0 aliphatic heterocycles. The van der Waals surface area contributed by atoms with Crippen LogP contribution in [-0.4, -0.2) is 19.5 Å². The Morgan fingerprint density at radius 1 is 0.597 bits per heavy atom. The van der Waals surface area contributed by atoms with Gasteiger partial charge in [-0.2, -0.15) is 0 Å². The average molecular weight is 1050 g/mol. The first-order chi connectivity index (χ1) is 32.0. The molecule has 0 unspecified atom stereocenters. The van der Waals surface area contributed by atoms with Gasteiger partial charge in [0.1, 0.15) is 27.8 Å². The number of imidazole rings is 1. The van der Waals surface area contributed by atoms with E-state index in [1.54, 1.807) is 0 Å². The van der Waals surface area contributed by atoms with Gasteiger partial charge < -0.3 is 22.8 Å². The number of hydrogen-bond donors (Lipinski definition) is 0. The first-order valence-electron chi connectivity index (χ1n) is 22.6. The van der Waals surface area contributed by atoms with Crippen molar-refractivity contribution in [1.29, 1.82) is 0 Å². The molecule has 0 spiro atoms. The molecule has 67 heavy (non-hydrogen) atoms. The first-order valence-corrected chi connectivity index (χ1v) is 22.6. The van der Waals surface area contributed by atoms with E-state index in [-0.39, 0.29) is 37.4 Å². The number of rotatable bonds is 6. The van der Waals surface area contributed by atoms with Crippen LogP contribution in [0.15, 0.2) is 165 Å². The van der Waals surface area contributed by atoms with E-state index < -0.39 is 0 Å². The van der Waals surface area contributed by atoms with Crippen LogP contribution in [0.5, 0.6) is 0 Å². The zero-order valence-electron chi connectivity index (χ0n) is 38.4. The summed E-state index contributed by atoms with van der Waals surface area (Å²) >= 11 is 0. The molecule has 12 aromatic rings. The molecule has 12 rings (SSSR count). The van der Waals surface area contributed by atoms with Crippen LogP contribution < -0.4 is 0 Å². The molecule has 0 saturated carbocycles. The molecule has 0 atom stereocenters. The van der Waals surface area contributed by atoms with Gasteiger partial charge in [0.05, 0.1) is 22.3 Å². The molecule has 5 aromatic heterocycles. The quantitative estimate of drug-likeness (QED) is 0.154. The predicted octanol–water partition coefficient (Wildman–Crippen LogP) is 16.2. The summed E-state index contributed by atoms with van der Waals surface area (Å²) in [6, 6.07) is 54.5. The molecule has 333 valence electrons. The van der Waals surface area contributed by atoms with Gasteiger partial charge >= 0.3 is 0 Å². The van der Waals surface area contributed by atoms with Crippen molar-refractivity contribution >= 4 is 66.0 Å². The Labute approximate surface area is 402 Å². The van der Waals surface area contributed by atoms with Crippen molar-refractivity contribution in [2.24, 2.45) is 0 Å². The normalized spacial score (nSPS) is 12.0. The molecule has 0 amide bonds. The number of hydrogen-bond acceptors (Lipinski definition) is 6. The Morgan fingerprint density at radius 2 is 1.33 bits per heavy atom. The Balaban J connectivity index is 0.000000263. The molecule has 0 fully saturated rings. The molecule has 0 N–H and O–H groups in total. The molecular formula is C59H48IrN4O3-2. The average Bonchev–Trinajstić information content (AvgIpc) is 4.14. The fourth-order valence-electron chi connectivity index (χ4n) is 9.25. The van der Waals surface area contributed by atoms with Crippen LogP contribution in [-0.2, 0) is 25.5 Å². The van der Waals surface area contributed by atoms with Crippen molar-refractivity contribution in [1.82, 2.24) is 19.5 Å². The second-order valence-corrected chi connectivity index (χ2v) is 18.7. The van der Waals surface area contributed by atoms with E-state index in [0.717, 1.165) is 88.8 Å². The minimum Gasteiger partial charge on any atom is -0.500 e. The SMILES string of the molecule is CC(C)(C)c1ccnc(-c2[c-]cccc2)c1.CC(C)c1cc(-c2ccccc2)cc(C(C)C)c1-n1c(-c2[c-]ccc3c2oc2c3ccc3oc4ccccc4c32)nc2ccc3ncoc3c21.[Ir]. The monoisotopic (exact) mass is 1050 g/mol. The Morgan fingerprint density at radius 3 is 2.07 bits per heavy atom. The van der Waals surface area contributed by atoms with E-state index in [0.29, 0.717) is 5.58 Å². The van der Waals surface area contributed by atoms with Crippen molar-refractivity contribution < 1.29 is 33.4 Å². The van der Waals surface area contributed by atoms with Crippen LogP contribution in [0.2, 0.25) is 0 Å². The van der Waals surface area contributed by atoms with Gasteiger partial charge in [0.2, 0.25) is 0 Å². The second-order valence-electron chi connectivity index (χ2n) is 18.7. The number of benzene rings is 7. The minimum atomic E-state index is 0. The van der Waals surface area contributed by atoms with Crippen LogP contribution in [0.3, 0.4) is 0 Å². The van der Waals surface area contributed by atoms with Crippen molar-refractivity contribution in [3.8, 4) is 39.5 Å². The van der Waals surface area contributed by atoms with Gasteiger partial charge in [-0.3, -0.25) is 4.98 Å². The van der Waals surface area contributed by atoms with E-state index in [1.165, 1.54) is 34.2 Å². The molecule has 0 bridgehead atoms. The number of aromatic nitrogens is 4. The number of oxazole rings is 1. The summed E-state index contributed by atoms with van der Waals surface area (Å²) < 4.78 is 21.6. The largest absolute Gasteiger partial charge is 0.500 e. The Bertz CT molecular complexity index is 3730. The summed E-state index contributed by atoms with van der Waals surface area (Å²) in [6.07, 6.45) is 3.38. The molecule has 0 saturated heterocycles. The van der Waals surface area contributed by atoms with E-state index >= 15 is 0 Å². The van der Waals surface area contributed by atoms with Crippen molar-refractivity contribution in [2.45, 2.75) is 65.7 Å². The maximum Gasteiger partial charge on any atom is 0.182 e. The van der Waals surface area contributed by atoms with Gasteiger partial charge in [-0.15, -0.1) is 54.1 Å². The summed E-state index contributed by atoms with van der Waals surface area (Å²) in [5.41, 5.74) is 16.5. The molecule has 8 heteroatoms. The van der Waals surface area contributed by atoms with E-state index in [4.69, 9.17) is 18.2 Å². The van der Waals surface area contributed by atoms with Crippen molar-refractivity contribution in [3.05, 3.63) is 181 Å². The minimum absolute atomic E-state index is 0. The van der Waals surface area contributed by atoms with Crippen LogP contribution in [0.1, 0.15) is 77.0 Å². The molecule has 0 aliphatic rings. The number of fused-ring (bicyclic) bond motifs is 10. The van der Waals surface area contributed by atoms with E-state index in [9.17, 15) is 0 Å². The smallest absolute Gasteiger partial charge is 0.182 e. The molecular weight excluding hydrogens is 1000 g/mol. The maximum atomic E-state index is 6.93. The molecule has 5 heterocycles. The second kappa shape index (κ2) is 17.3. The van der Waals surface area contributed by atoms with Gasteiger partial charge in [0.15, 0.2) is 12.0 Å². The van der Waals surface area contributed by atoms with Gasteiger partial charge in [0.25, 0.3) is 0 Å². The van der Waals surface area contributed by atoms with Crippen molar-refractivity contribution in [3.63, 3.8) is 0 Å². The van der Waals surface area contributed by atoms with Crippen LogP contribution in [0.4, 0.5) is 0 Å². The van der Waals surface area contributed by atoms with Crippen LogP contribution >= 0.6 is 0 Å². The van der Waals surface area contributed by atoms with Crippen LogP contribution in [0, 0.1) is 12.1 Å². The maximum absolute atomic E-state index is 6.93. The standard InChI is InChI=1S/C44H32N3O3.C15H16N.Ir/c1-24(2)32-21-27(26-11-6-5-7-12-26)22-33(25(3)4)39(32)47-40-34(18-19-35-43(40)48-23-45-35)46-44(47)31-15-10-14-28-29-17-20-37-38(42(29)50-41(28)31)30-13-8-9-16-36(30)49-37;1-15(2,3)13-9-10-16-14(11-13)12-7-5-4-6-8-12;/h5-14,16-25H,1-4H3;4-7,9-11H,1-3H3;/q2*-1;. The van der Waals surface area contributed by atoms with E-state index in [1.807, 2.05) is 72.9 Å². The Hall–Kier alpha value is -7.12. The van der Waals surface area contributed by atoms with Gasteiger partial charge in [-0.05, 0) is 99.3 Å². The fraction of sp³-hybridized carbons (Fsp3) is 0.169. The number of pyridine rings is 1.